The van der Waals surface area contributed by atoms with Crippen molar-refractivity contribution in [2.45, 2.75) is 31.9 Å². The first-order chi connectivity index (χ1) is 8.56. The minimum absolute atomic E-state index is 0.0705. The molecule has 3 rings (SSSR count). The van der Waals surface area contributed by atoms with Crippen molar-refractivity contribution in [3.05, 3.63) is 33.3 Å². The number of nitrogens with zero attached hydrogens (tertiary/aromatic N) is 1. The van der Waals surface area contributed by atoms with Crippen LogP contribution in [0.4, 0.5) is 0 Å². The second-order valence-corrected chi connectivity index (χ2v) is 6.40. The largest absolute Gasteiger partial charge is 0.391 e. The highest BCUT2D eigenvalue weighted by atomic mass is 35.5. The van der Waals surface area contributed by atoms with E-state index in [9.17, 15) is 5.11 Å². The Morgan fingerprint density at radius 1 is 1.33 bits per heavy atom. The van der Waals surface area contributed by atoms with E-state index in [1.807, 2.05) is 6.07 Å². The number of aliphatic hydroxyl groups is 1. The van der Waals surface area contributed by atoms with Crippen LogP contribution in [-0.4, -0.2) is 29.2 Å². The van der Waals surface area contributed by atoms with E-state index in [1.54, 1.807) is 6.07 Å². The average molecular weight is 286 g/mol. The molecule has 98 valence electrons. The number of aliphatic hydroxyl groups excluding tert-OH is 1. The molecule has 0 bridgehead atoms. The van der Waals surface area contributed by atoms with Crippen LogP contribution < -0.4 is 0 Å². The lowest BCUT2D eigenvalue weighted by Gasteiger charge is -2.27. The van der Waals surface area contributed by atoms with Gasteiger partial charge in [-0.1, -0.05) is 30.1 Å². The Bertz CT molecular complexity index is 477. The zero-order valence-corrected chi connectivity index (χ0v) is 11.9. The summed E-state index contributed by atoms with van der Waals surface area (Å²) in [7, 11) is 0. The van der Waals surface area contributed by atoms with Gasteiger partial charge in [0.2, 0.25) is 0 Å². The molecule has 4 heteroatoms. The number of hydrogen-bond donors (Lipinski definition) is 1. The fourth-order valence-electron chi connectivity index (χ4n) is 3.29. The second-order valence-electron chi connectivity index (χ2n) is 5.56. The Labute approximate surface area is 117 Å². The summed E-state index contributed by atoms with van der Waals surface area (Å²) < 4.78 is 0. The Hall–Kier alpha value is -0.280. The highest BCUT2D eigenvalue weighted by Gasteiger charge is 2.38. The van der Waals surface area contributed by atoms with Crippen molar-refractivity contribution in [1.29, 1.82) is 0 Å². The van der Waals surface area contributed by atoms with E-state index in [0.29, 0.717) is 22.4 Å². The summed E-state index contributed by atoms with van der Waals surface area (Å²) in [5.74, 6) is 0.705. The van der Waals surface area contributed by atoms with Gasteiger partial charge in [-0.15, -0.1) is 0 Å². The van der Waals surface area contributed by atoms with Crippen LogP contribution in [0.3, 0.4) is 0 Å². The van der Waals surface area contributed by atoms with Crippen molar-refractivity contribution in [2.75, 3.05) is 13.1 Å². The fraction of sp³-hybridized carbons (Fsp3) is 0.571. The summed E-state index contributed by atoms with van der Waals surface area (Å²) in [4.78, 5) is 2.37. The summed E-state index contributed by atoms with van der Waals surface area (Å²) in [6, 6.07) is 3.80. The molecule has 0 unspecified atom stereocenters. The standard InChI is InChI=1S/C14H17Cl2NO/c1-8-2-3-17(7-8)14-11-4-9(15)5-12(16)10(11)6-13(14)18/h4-5,8,13-14,18H,2-3,6-7H2,1H3/t8-,13-,14-/m1/s1. The zero-order chi connectivity index (χ0) is 12.9. The molecule has 1 aliphatic carbocycles. The third-order valence-corrected chi connectivity index (χ3v) is 4.70. The third kappa shape index (κ3) is 2.05. The maximum atomic E-state index is 10.3. The minimum atomic E-state index is -0.360. The molecular weight excluding hydrogens is 269 g/mol. The first-order valence-corrected chi connectivity index (χ1v) is 7.22. The minimum Gasteiger partial charge on any atom is -0.391 e. The number of hydrogen-bond acceptors (Lipinski definition) is 2. The monoisotopic (exact) mass is 285 g/mol. The summed E-state index contributed by atoms with van der Waals surface area (Å²) in [6.07, 6.45) is 1.48. The van der Waals surface area contributed by atoms with Gasteiger partial charge in [-0.25, -0.2) is 0 Å². The number of rotatable bonds is 1. The molecule has 1 saturated heterocycles. The van der Waals surface area contributed by atoms with Crippen LogP contribution >= 0.6 is 23.2 Å². The molecule has 2 aliphatic rings. The van der Waals surface area contributed by atoms with Crippen molar-refractivity contribution < 1.29 is 5.11 Å². The normalized spacial score (nSPS) is 31.9. The van der Waals surface area contributed by atoms with Gasteiger partial charge in [0.1, 0.15) is 0 Å². The summed E-state index contributed by atoms with van der Waals surface area (Å²) in [6.45, 7) is 4.35. The number of fused-ring (bicyclic) bond motifs is 1. The van der Waals surface area contributed by atoms with Crippen molar-refractivity contribution in [1.82, 2.24) is 4.90 Å². The van der Waals surface area contributed by atoms with E-state index in [2.05, 4.69) is 11.8 Å². The molecule has 1 heterocycles. The highest BCUT2D eigenvalue weighted by molar-refractivity contribution is 6.35. The molecule has 0 aromatic heterocycles. The molecule has 1 fully saturated rings. The molecule has 1 aromatic rings. The zero-order valence-electron chi connectivity index (χ0n) is 10.4. The summed E-state index contributed by atoms with van der Waals surface area (Å²) in [5.41, 5.74) is 2.19. The van der Waals surface area contributed by atoms with E-state index >= 15 is 0 Å². The molecule has 2 nitrogen and oxygen atoms in total. The summed E-state index contributed by atoms with van der Waals surface area (Å²) in [5, 5.41) is 11.7. The van der Waals surface area contributed by atoms with E-state index < -0.39 is 0 Å². The molecule has 1 aromatic carbocycles. The molecule has 1 aliphatic heterocycles. The predicted octanol–water partition coefficient (Wildman–Crippen LogP) is 3.29. The van der Waals surface area contributed by atoms with Crippen molar-refractivity contribution in [3.63, 3.8) is 0 Å². The highest BCUT2D eigenvalue weighted by Crippen LogP contribution is 2.42. The quantitative estimate of drug-likeness (QED) is 0.856. The Balaban J connectivity index is 1.98. The lowest BCUT2D eigenvalue weighted by Crippen LogP contribution is -2.32. The van der Waals surface area contributed by atoms with Gasteiger partial charge in [0.15, 0.2) is 0 Å². The molecule has 0 saturated carbocycles. The van der Waals surface area contributed by atoms with Crippen LogP contribution in [0.5, 0.6) is 0 Å². The fourth-order valence-corrected chi connectivity index (χ4v) is 3.88. The molecule has 1 N–H and O–H groups in total. The van der Waals surface area contributed by atoms with Crippen LogP contribution in [0.25, 0.3) is 0 Å². The van der Waals surface area contributed by atoms with E-state index in [0.717, 1.165) is 24.2 Å². The van der Waals surface area contributed by atoms with Gasteiger partial charge in [0.25, 0.3) is 0 Å². The predicted molar refractivity (Wildman–Crippen MR) is 74.3 cm³/mol. The van der Waals surface area contributed by atoms with Crippen molar-refractivity contribution >= 4 is 23.2 Å². The van der Waals surface area contributed by atoms with Gasteiger partial charge in [-0.2, -0.15) is 0 Å². The van der Waals surface area contributed by atoms with Gasteiger partial charge < -0.3 is 5.11 Å². The average Bonchev–Trinajstić information content (AvgIpc) is 2.82. The van der Waals surface area contributed by atoms with Gasteiger partial charge in [-0.05, 0) is 42.1 Å². The maximum absolute atomic E-state index is 10.3. The molecule has 3 atom stereocenters. The van der Waals surface area contributed by atoms with Gasteiger partial charge in [0.05, 0.1) is 12.1 Å². The third-order valence-electron chi connectivity index (χ3n) is 4.14. The summed E-state index contributed by atoms with van der Waals surface area (Å²) >= 11 is 12.3. The molecule has 18 heavy (non-hydrogen) atoms. The van der Waals surface area contributed by atoms with Crippen molar-refractivity contribution in [3.8, 4) is 0 Å². The maximum Gasteiger partial charge on any atom is 0.0778 e. The van der Waals surface area contributed by atoms with E-state index in [1.165, 1.54) is 6.42 Å². The SMILES string of the molecule is C[C@@H]1CCN([C@@H]2c3cc(Cl)cc(Cl)c3C[C@H]2O)C1. The smallest absolute Gasteiger partial charge is 0.0778 e. The lowest BCUT2D eigenvalue weighted by atomic mass is 10.1. The Morgan fingerprint density at radius 3 is 2.78 bits per heavy atom. The Kier molecular flexibility index (Phi) is 3.31. The van der Waals surface area contributed by atoms with Crippen LogP contribution in [-0.2, 0) is 6.42 Å². The molecule has 0 spiro atoms. The van der Waals surface area contributed by atoms with Gasteiger partial charge in [0, 0.05) is 23.0 Å². The van der Waals surface area contributed by atoms with Gasteiger partial charge >= 0.3 is 0 Å². The van der Waals surface area contributed by atoms with Crippen LogP contribution in [0.15, 0.2) is 12.1 Å². The second kappa shape index (κ2) is 4.68. The van der Waals surface area contributed by atoms with E-state index in [-0.39, 0.29) is 12.1 Å². The van der Waals surface area contributed by atoms with Crippen LogP contribution in [0, 0.1) is 5.92 Å². The van der Waals surface area contributed by atoms with Gasteiger partial charge in [-0.3, -0.25) is 4.90 Å². The molecule has 0 amide bonds. The molecular formula is C14H17Cl2NO. The van der Waals surface area contributed by atoms with Crippen LogP contribution in [0.1, 0.15) is 30.5 Å². The molecule has 0 radical (unpaired) electrons. The van der Waals surface area contributed by atoms with Crippen molar-refractivity contribution in [2.24, 2.45) is 5.92 Å². The first kappa shape index (κ1) is 12.7. The number of likely N-dealkylation sites (tertiary alicyclic amines) is 1. The number of halogens is 2. The topological polar surface area (TPSA) is 23.5 Å². The lowest BCUT2D eigenvalue weighted by molar-refractivity contribution is 0.0735. The van der Waals surface area contributed by atoms with E-state index in [4.69, 9.17) is 23.2 Å². The Morgan fingerprint density at radius 2 is 2.11 bits per heavy atom. The van der Waals surface area contributed by atoms with Crippen LogP contribution in [0.2, 0.25) is 10.0 Å². The number of benzene rings is 1. The first-order valence-electron chi connectivity index (χ1n) is 6.46.